The van der Waals surface area contributed by atoms with Gasteiger partial charge in [-0.05, 0) is 24.5 Å². The van der Waals surface area contributed by atoms with Gasteiger partial charge in [0.2, 0.25) is 6.10 Å². The number of esters is 2. The van der Waals surface area contributed by atoms with Crippen molar-refractivity contribution in [1.82, 2.24) is 4.90 Å². The lowest BCUT2D eigenvalue weighted by atomic mass is 10.0. The third-order valence-corrected chi connectivity index (χ3v) is 4.25. The minimum atomic E-state index is -1.07. The number of hydrogen-bond acceptors (Lipinski definition) is 6. The van der Waals surface area contributed by atoms with Crippen molar-refractivity contribution in [3.05, 3.63) is 35.4 Å². The number of cyclic esters (lactones) is 1. The number of amides is 2. The molecule has 2 heterocycles. The van der Waals surface area contributed by atoms with Gasteiger partial charge in [-0.1, -0.05) is 26.0 Å². The molecule has 132 valence electrons. The Bertz CT molecular complexity index is 706. The molecular weight excluding hydrogens is 326 g/mol. The molecule has 0 saturated carbocycles. The van der Waals surface area contributed by atoms with E-state index in [9.17, 15) is 19.2 Å². The van der Waals surface area contributed by atoms with Gasteiger partial charge in [0.05, 0.1) is 17.7 Å². The Morgan fingerprint density at radius 1 is 1.20 bits per heavy atom. The fourth-order valence-corrected chi connectivity index (χ4v) is 3.05. The Kier molecular flexibility index (Phi) is 4.57. The molecule has 7 nitrogen and oxygen atoms in total. The van der Waals surface area contributed by atoms with Gasteiger partial charge in [-0.2, -0.15) is 0 Å². The SMILES string of the molecule is CC(C)C[C@H](C(=O)O[C@H]1CCOC1=O)N1C(=O)c2ccccc2C1=O. The van der Waals surface area contributed by atoms with Crippen molar-refractivity contribution < 1.29 is 28.7 Å². The molecule has 1 aromatic rings. The second kappa shape index (κ2) is 6.66. The number of carbonyl (C=O) groups is 4. The summed E-state index contributed by atoms with van der Waals surface area (Å²) >= 11 is 0. The van der Waals surface area contributed by atoms with E-state index in [1.165, 1.54) is 0 Å². The van der Waals surface area contributed by atoms with E-state index in [1.54, 1.807) is 24.3 Å². The Balaban J connectivity index is 1.86. The highest BCUT2D eigenvalue weighted by Crippen LogP contribution is 2.28. The van der Waals surface area contributed by atoms with E-state index >= 15 is 0 Å². The monoisotopic (exact) mass is 345 g/mol. The van der Waals surface area contributed by atoms with Crippen LogP contribution in [0.5, 0.6) is 0 Å². The third kappa shape index (κ3) is 3.14. The van der Waals surface area contributed by atoms with Crippen LogP contribution in [0.3, 0.4) is 0 Å². The van der Waals surface area contributed by atoms with Crippen LogP contribution in [0.1, 0.15) is 47.4 Å². The summed E-state index contributed by atoms with van der Waals surface area (Å²) in [5.74, 6) is -2.35. The van der Waals surface area contributed by atoms with E-state index in [4.69, 9.17) is 9.47 Å². The molecule has 1 aromatic carbocycles. The summed E-state index contributed by atoms with van der Waals surface area (Å²) in [7, 11) is 0. The highest BCUT2D eigenvalue weighted by Gasteiger charge is 2.44. The minimum Gasteiger partial charge on any atom is -0.463 e. The average Bonchev–Trinajstić information content (AvgIpc) is 3.08. The number of rotatable bonds is 5. The van der Waals surface area contributed by atoms with Gasteiger partial charge in [-0.25, -0.2) is 9.59 Å². The van der Waals surface area contributed by atoms with Gasteiger partial charge in [0.25, 0.3) is 11.8 Å². The van der Waals surface area contributed by atoms with E-state index < -0.39 is 35.9 Å². The Hall–Kier alpha value is -2.70. The van der Waals surface area contributed by atoms with Crippen molar-refractivity contribution >= 4 is 23.8 Å². The molecule has 0 aliphatic carbocycles. The molecular formula is C18H19NO6. The average molecular weight is 345 g/mol. The minimum absolute atomic E-state index is 0.0393. The third-order valence-electron chi connectivity index (χ3n) is 4.25. The maximum absolute atomic E-state index is 12.6. The molecule has 2 atom stereocenters. The summed E-state index contributed by atoms with van der Waals surface area (Å²) in [6.45, 7) is 3.95. The van der Waals surface area contributed by atoms with E-state index in [0.29, 0.717) is 0 Å². The normalized spacial score (nSPS) is 20.7. The molecule has 0 N–H and O–H groups in total. The van der Waals surface area contributed by atoms with Crippen LogP contribution in [0.4, 0.5) is 0 Å². The lowest BCUT2D eigenvalue weighted by Gasteiger charge is -2.26. The molecule has 0 unspecified atom stereocenters. The topological polar surface area (TPSA) is 90.0 Å². The number of imide groups is 1. The van der Waals surface area contributed by atoms with Crippen LogP contribution in [0.25, 0.3) is 0 Å². The van der Waals surface area contributed by atoms with E-state index in [1.807, 2.05) is 13.8 Å². The predicted octanol–water partition coefficient (Wildman–Crippen LogP) is 1.56. The molecule has 0 aromatic heterocycles. The molecule has 0 bridgehead atoms. The molecule has 2 aliphatic rings. The van der Waals surface area contributed by atoms with E-state index in [-0.39, 0.29) is 36.5 Å². The second-order valence-electron chi connectivity index (χ2n) is 6.55. The van der Waals surface area contributed by atoms with Crippen molar-refractivity contribution in [2.24, 2.45) is 5.92 Å². The lowest BCUT2D eigenvalue weighted by molar-refractivity contribution is -0.163. The van der Waals surface area contributed by atoms with Crippen LogP contribution < -0.4 is 0 Å². The van der Waals surface area contributed by atoms with Crippen LogP contribution in [0.15, 0.2) is 24.3 Å². The Morgan fingerprint density at radius 2 is 1.80 bits per heavy atom. The zero-order valence-electron chi connectivity index (χ0n) is 14.1. The number of carbonyl (C=O) groups excluding carboxylic acids is 4. The predicted molar refractivity (Wildman–Crippen MR) is 85.6 cm³/mol. The van der Waals surface area contributed by atoms with Gasteiger partial charge in [-0.15, -0.1) is 0 Å². The van der Waals surface area contributed by atoms with Crippen molar-refractivity contribution in [3.8, 4) is 0 Å². The molecule has 7 heteroatoms. The molecule has 2 amide bonds. The Labute approximate surface area is 144 Å². The van der Waals surface area contributed by atoms with Crippen LogP contribution in [0.2, 0.25) is 0 Å². The quantitative estimate of drug-likeness (QED) is 0.594. The molecule has 2 aliphatic heterocycles. The number of benzene rings is 1. The molecule has 0 radical (unpaired) electrons. The van der Waals surface area contributed by atoms with Gasteiger partial charge in [0.15, 0.2) is 0 Å². The number of ether oxygens (including phenoxy) is 2. The molecule has 25 heavy (non-hydrogen) atoms. The fraction of sp³-hybridized carbons (Fsp3) is 0.444. The van der Waals surface area contributed by atoms with Gasteiger partial charge in [-0.3, -0.25) is 14.5 Å². The zero-order chi connectivity index (χ0) is 18.1. The zero-order valence-corrected chi connectivity index (χ0v) is 14.1. The van der Waals surface area contributed by atoms with Crippen LogP contribution in [-0.2, 0) is 19.1 Å². The first-order chi connectivity index (χ1) is 11.9. The number of nitrogens with zero attached hydrogens (tertiary/aromatic N) is 1. The first kappa shape index (κ1) is 17.1. The summed E-state index contributed by atoms with van der Waals surface area (Å²) in [6.07, 6.45) is -0.440. The maximum atomic E-state index is 12.6. The first-order valence-electron chi connectivity index (χ1n) is 8.24. The maximum Gasteiger partial charge on any atom is 0.347 e. The second-order valence-corrected chi connectivity index (χ2v) is 6.55. The van der Waals surface area contributed by atoms with Crippen LogP contribution in [0, 0.1) is 5.92 Å². The number of fused-ring (bicyclic) bond motifs is 1. The summed E-state index contributed by atoms with van der Waals surface area (Å²) in [5, 5.41) is 0. The van der Waals surface area contributed by atoms with Crippen LogP contribution in [-0.4, -0.2) is 47.4 Å². The summed E-state index contributed by atoms with van der Waals surface area (Å²) in [6, 6.07) is 5.37. The van der Waals surface area contributed by atoms with Crippen molar-refractivity contribution in [3.63, 3.8) is 0 Å². The summed E-state index contributed by atoms with van der Waals surface area (Å²) < 4.78 is 10.0. The molecule has 0 spiro atoms. The van der Waals surface area contributed by atoms with Gasteiger partial charge < -0.3 is 9.47 Å². The van der Waals surface area contributed by atoms with Gasteiger partial charge in [0.1, 0.15) is 6.04 Å². The highest BCUT2D eigenvalue weighted by atomic mass is 16.6. The lowest BCUT2D eigenvalue weighted by Crippen LogP contribution is -2.47. The largest absolute Gasteiger partial charge is 0.463 e. The van der Waals surface area contributed by atoms with Crippen molar-refractivity contribution in [2.75, 3.05) is 6.61 Å². The fourth-order valence-electron chi connectivity index (χ4n) is 3.05. The van der Waals surface area contributed by atoms with E-state index in [2.05, 4.69) is 0 Å². The highest BCUT2D eigenvalue weighted by molar-refractivity contribution is 6.22. The van der Waals surface area contributed by atoms with Crippen LogP contribution >= 0.6 is 0 Å². The first-order valence-corrected chi connectivity index (χ1v) is 8.24. The van der Waals surface area contributed by atoms with Crippen molar-refractivity contribution in [2.45, 2.75) is 38.8 Å². The smallest absolute Gasteiger partial charge is 0.347 e. The number of hydrogen-bond donors (Lipinski definition) is 0. The van der Waals surface area contributed by atoms with Gasteiger partial charge in [0, 0.05) is 6.42 Å². The standard InChI is InChI=1S/C18H19NO6/c1-10(2)9-13(17(22)25-14-7-8-24-18(14)23)19-15(20)11-5-3-4-6-12(11)16(19)21/h3-6,10,13-14H,7-9H2,1-2H3/t13-,14+/m1/s1. The summed E-state index contributed by atoms with van der Waals surface area (Å²) in [4.78, 5) is 50.4. The molecule has 1 fully saturated rings. The molecule has 3 rings (SSSR count). The molecule has 1 saturated heterocycles. The Morgan fingerprint density at radius 3 is 2.28 bits per heavy atom. The van der Waals surface area contributed by atoms with Crippen molar-refractivity contribution in [1.29, 1.82) is 0 Å². The summed E-state index contributed by atoms with van der Waals surface area (Å²) in [5.41, 5.74) is 0.545. The van der Waals surface area contributed by atoms with Gasteiger partial charge >= 0.3 is 11.9 Å². The van der Waals surface area contributed by atoms with E-state index in [0.717, 1.165) is 4.90 Å².